The summed E-state index contributed by atoms with van der Waals surface area (Å²) in [6, 6.07) is 5.79. The Morgan fingerprint density at radius 3 is 2.71 bits per heavy atom. The second-order valence-corrected chi connectivity index (χ2v) is 3.21. The van der Waals surface area contributed by atoms with E-state index in [1.807, 2.05) is 32.0 Å². The summed E-state index contributed by atoms with van der Waals surface area (Å²) in [5.74, 6) is 0. The monoisotopic (exact) mass is 190 g/mol. The molecule has 0 aliphatic rings. The van der Waals surface area contributed by atoms with E-state index in [4.69, 9.17) is 0 Å². The minimum absolute atomic E-state index is 0.322. The first-order chi connectivity index (χ1) is 6.68. The molecule has 0 radical (unpaired) electrons. The van der Waals surface area contributed by atoms with E-state index in [-0.39, 0.29) is 5.69 Å². The zero-order valence-electron chi connectivity index (χ0n) is 7.98. The maximum Gasteiger partial charge on any atom is 0.365 e. The SMILES string of the molecule is Cc1ccc(-n2nn[nH]c2=O)c(C)c1. The third-order valence-corrected chi connectivity index (χ3v) is 2.05. The maximum absolute atomic E-state index is 11.2. The van der Waals surface area contributed by atoms with Gasteiger partial charge in [-0.1, -0.05) is 17.7 Å². The maximum atomic E-state index is 11.2. The van der Waals surface area contributed by atoms with Gasteiger partial charge in [0.25, 0.3) is 0 Å². The fourth-order valence-electron chi connectivity index (χ4n) is 1.40. The van der Waals surface area contributed by atoms with E-state index < -0.39 is 0 Å². The number of nitrogens with one attached hydrogen (secondary N) is 1. The fourth-order valence-corrected chi connectivity index (χ4v) is 1.40. The lowest BCUT2D eigenvalue weighted by atomic mass is 10.1. The minimum atomic E-state index is -0.322. The predicted octanol–water partition coefficient (Wildman–Crippen LogP) is 0.572. The van der Waals surface area contributed by atoms with Crippen molar-refractivity contribution < 1.29 is 0 Å². The van der Waals surface area contributed by atoms with Crippen LogP contribution in [-0.2, 0) is 0 Å². The number of rotatable bonds is 1. The lowest BCUT2D eigenvalue weighted by Gasteiger charge is -2.03. The smallest absolute Gasteiger partial charge is 0.244 e. The van der Waals surface area contributed by atoms with Gasteiger partial charge in [-0.25, -0.2) is 9.89 Å². The van der Waals surface area contributed by atoms with Gasteiger partial charge in [0.1, 0.15) is 0 Å². The van der Waals surface area contributed by atoms with Crippen LogP contribution in [0.2, 0.25) is 0 Å². The molecule has 0 aliphatic heterocycles. The topological polar surface area (TPSA) is 63.6 Å². The zero-order chi connectivity index (χ0) is 10.1. The molecule has 0 saturated carbocycles. The van der Waals surface area contributed by atoms with Crippen LogP contribution in [0.4, 0.5) is 0 Å². The number of tetrazole rings is 1. The number of hydrogen-bond acceptors (Lipinski definition) is 3. The van der Waals surface area contributed by atoms with Crippen LogP contribution in [-0.4, -0.2) is 20.2 Å². The largest absolute Gasteiger partial charge is 0.365 e. The van der Waals surface area contributed by atoms with Gasteiger partial charge in [0.2, 0.25) is 0 Å². The van der Waals surface area contributed by atoms with Crippen LogP contribution in [0.5, 0.6) is 0 Å². The molecule has 2 aromatic rings. The third kappa shape index (κ3) is 1.32. The molecule has 0 fully saturated rings. The van der Waals surface area contributed by atoms with Crippen LogP contribution in [0.15, 0.2) is 23.0 Å². The number of aryl methyl sites for hydroxylation is 2. The van der Waals surface area contributed by atoms with Crippen molar-refractivity contribution >= 4 is 0 Å². The zero-order valence-corrected chi connectivity index (χ0v) is 7.98. The van der Waals surface area contributed by atoms with Crippen LogP contribution in [0.1, 0.15) is 11.1 Å². The van der Waals surface area contributed by atoms with Crippen molar-refractivity contribution in [3.05, 3.63) is 39.8 Å². The fraction of sp³-hybridized carbons (Fsp3) is 0.222. The quantitative estimate of drug-likeness (QED) is 0.715. The Hall–Kier alpha value is -1.91. The van der Waals surface area contributed by atoms with E-state index in [2.05, 4.69) is 15.5 Å². The van der Waals surface area contributed by atoms with Crippen molar-refractivity contribution in [3.8, 4) is 5.69 Å². The van der Waals surface area contributed by atoms with Crippen LogP contribution in [0.25, 0.3) is 5.69 Å². The van der Waals surface area contributed by atoms with Crippen LogP contribution >= 0.6 is 0 Å². The normalized spacial score (nSPS) is 10.4. The van der Waals surface area contributed by atoms with Crippen LogP contribution in [0, 0.1) is 13.8 Å². The van der Waals surface area contributed by atoms with Gasteiger partial charge in [-0.3, -0.25) is 0 Å². The predicted molar refractivity (Wildman–Crippen MR) is 51.5 cm³/mol. The highest BCUT2D eigenvalue weighted by Crippen LogP contribution is 2.12. The molecule has 1 aromatic carbocycles. The molecule has 0 atom stereocenters. The molecule has 5 nitrogen and oxygen atoms in total. The number of nitrogens with zero attached hydrogens (tertiary/aromatic N) is 3. The van der Waals surface area contributed by atoms with Gasteiger partial charge in [-0.05, 0) is 35.9 Å². The first-order valence-electron chi connectivity index (χ1n) is 4.26. The summed E-state index contributed by atoms with van der Waals surface area (Å²) >= 11 is 0. The summed E-state index contributed by atoms with van der Waals surface area (Å²) in [4.78, 5) is 11.2. The molecule has 14 heavy (non-hydrogen) atoms. The molecule has 2 rings (SSSR count). The van der Waals surface area contributed by atoms with Gasteiger partial charge in [0.05, 0.1) is 5.69 Å². The number of benzene rings is 1. The van der Waals surface area contributed by atoms with Gasteiger partial charge >= 0.3 is 5.69 Å². The Balaban J connectivity index is 2.63. The highest BCUT2D eigenvalue weighted by Gasteiger charge is 2.05. The lowest BCUT2D eigenvalue weighted by Crippen LogP contribution is -2.16. The second-order valence-electron chi connectivity index (χ2n) is 3.21. The average molecular weight is 190 g/mol. The number of hydrogen-bond donors (Lipinski definition) is 1. The minimum Gasteiger partial charge on any atom is -0.244 e. The van der Waals surface area contributed by atoms with Crippen molar-refractivity contribution in [2.24, 2.45) is 0 Å². The average Bonchev–Trinajstić information content (AvgIpc) is 2.52. The Morgan fingerprint density at radius 1 is 1.36 bits per heavy atom. The van der Waals surface area contributed by atoms with Crippen molar-refractivity contribution in [1.82, 2.24) is 20.2 Å². The molecular weight excluding hydrogens is 180 g/mol. The number of aromatic nitrogens is 4. The molecule has 1 N–H and O–H groups in total. The van der Waals surface area contributed by atoms with E-state index in [1.165, 1.54) is 4.68 Å². The van der Waals surface area contributed by atoms with Gasteiger partial charge < -0.3 is 0 Å². The third-order valence-electron chi connectivity index (χ3n) is 2.05. The highest BCUT2D eigenvalue weighted by molar-refractivity contribution is 5.41. The Labute approximate surface area is 80.4 Å². The van der Waals surface area contributed by atoms with Crippen LogP contribution < -0.4 is 5.69 Å². The molecule has 0 spiro atoms. The van der Waals surface area contributed by atoms with Crippen molar-refractivity contribution in [2.75, 3.05) is 0 Å². The molecule has 0 saturated heterocycles. The van der Waals surface area contributed by atoms with Crippen molar-refractivity contribution in [3.63, 3.8) is 0 Å². The summed E-state index contributed by atoms with van der Waals surface area (Å²) in [6.07, 6.45) is 0. The van der Waals surface area contributed by atoms with Gasteiger partial charge in [-0.2, -0.15) is 4.68 Å². The molecule has 0 bridgehead atoms. The van der Waals surface area contributed by atoms with Gasteiger partial charge in [0.15, 0.2) is 0 Å². The van der Waals surface area contributed by atoms with E-state index in [1.54, 1.807) is 0 Å². The first-order valence-corrected chi connectivity index (χ1v) is 4.26. The standard InChI is InChI=1S/C9H10N4O/c1-6-3-4-8(7(2)5-6)13-9(14)10-11-12-13/h3-5H,1-2H3,(H,10,12,14). The van der Waals surface area contributed by atoms with Crippen molar-refractivity contribution in [2.45, 2.75) is 13.8 Å². The Kier molecular flexibility index (Phi) is 1.92. The first kappa shape index (κ1) is 8.68. The summed E-state index contributed by atoms with van der Waals surface area (Å²) < 4.78 is 1.24. The second kappa shape index (κ2) is 3.10. The van der Waals surface area contributed by atoms with E-state index in [0.29, 0.717) is 0 Å². The van der Waals surface area contributed by atoms with Gasteiger partial charge in [-0.15, -0.1) is 0 Å². The molecule has 72 valence electrons. The van der Waals surface area contributed by atoms with E-state index in [0.717, 1.165) is 16.8 Å². The van der Waals surface area contributed by atoms with Crippen molar-refractivity contribution in [1.29, 1.82) is 0 Å². The number of aromatic amines is 1. The Morgan fingerprint density at radius 2 is 2.14 bits per heavy atom. The highest BCUT2D eigenvalue weighted by atomic mass is 16.2. The van der Waals surface area contributed by atoms with E-state index >= 15 is 0 Å². The molecule has 0 amide bonds. The Bertz CT molecular complexity index is 512. The molecule has 1 aromatic heterocycles. The number of H-pyrrole nitrogens is 1. The molecular formula is C9H10N4O. The van der Waals surface area contributed by atoms with Gasteiger partial charge in [0, 0.05) is 0 Å². The van der Waals surface area contributed by atoms with E-state index in [9.17, 15) is 4.79 Å². The van der Waals surface area contributed by atoms with Crippen LogP contribution in [0.3, 0.4) is 0 Å². The molecule has 0 unspecified atom stereocenters. The summed E-state index contributed by atoms with van der Waals surface area (Å²) in [5, 5.41) is 9.37. The summed E-state index contributed by atoms with van der Waals surface area (Å²) in [5.41, 5.74) is 2.59. The molecule has 5 heteroatoms. The summed E-state index contributed by atoms with van der Waals surface area (Å²) in [6.45, 7) is 3.94. The lowest BCUT2D eigenvalue weighted by molar-refractivity contribution is 0.775. The molecule has 0 aliphatic carbocycles. The summed E-state index contributed by atoms with van der Waals surface area (Å²) in [7, 11) is 0. The molecule has 1 heterocycles.